The van der Waals surface area contributed by atoms with E-state index in [0.29, 0.717) is 18.3 Å². The number of benzene rings is 2. The number of non-ortho nitro benzene ring substituents is 1. The van der Waals surface area contributed by atoms with Crippen molar-refractivity contribution >= 4 is 17.5 Å². The first-order chi connectivity index (χ1) is 14.5. The zero-order chi connectivity index (χ0) is 21.3. The van der Waals surface area contributed by atoms with Gasteiger partial charge in [0.2, 0.25) is 5.95 Å². The quantitative estimate of drug-likeness (QED) is 0.298. The number of rotatable bonds is 10. The first kappa shape index (κ1) is 21.2. The van der Waals surface area contributed by atoms with Crippen molar-refractivity contribution < 1.29 is 4.92 Å². The normalized spacial score (nSPS) is 10.8. The zero-order valence-corrected chi connectivity index (χ0v) is 17.2. The molecule has 0 radical (unpaired) electrons. The number of hydrogen-bond acceptors (Lipinski definition) is 7. The standard InChI is InChI=1S/C22H26N6O2/c1-27(2)14-6-13-23-22-25-20(18-7-4-3-5-8-18)15-21(26-22)24-16-17-9-11-19(12-10-17)28(29)30/h3-5,7-12,15H,6,13-14,16H2,1-2H3,(H2,23,24,25,26). The van der Waals surface area contributed by atoms with E-state index in [4.69, 9.17) is 0 Å². The Labute approximate surface area is 176 Å². The van der Waals surface area contributed by atoms with Crippen molar-refractivity contribution in [1.29, 1.82) is 0 Å². The van der Waals surface area contributed by atoms with Crippen molar-refractivity contribution in [3.05, 3.63) is 76.3 Å². The summed E-state index contributed by atoms with van der Waals surface area (Å²) in [6.45, 7) is 2.26. The van der Waals surface area contributed by atoms with Gasteiger partial charge in [0.05, 0.1) is 10.6 Å². The number of hydrogen-bond donors (Lipinski definition) is 2. The van der Waals surface area contributed by atoms with Gasteiger partial charge in [-0.1, -0.05) is 42.5 Å². The van der Waals surface area contributed by atoms with Crippen molar-refractivity contribution in [2.45, 2.75) is 13.0 Å². The molecule has 0 atom stereocenters. The minimum atomic E-state index is -0.401. The molecular formula is C22H26N6O2. The van der Waals surface area contributed by atoms with Crippen LogP contribution in [0.4, 0.5) is 17.5 Å². The Morgan fingerprint density at radius 1 is 1.00 bits per heavy atom. The maximum Gasteiger partial charge on any atom is 0.269 e. The second kappa shape index (κ2) is 10.3. The number of anilines is 2. The molecule has 1 aromatic heterocycles. The lowest BCUT2D eigenvalue weighted by molar-refractivity contribution is -0.384. The van der Waals surface area contributed by atoms with Crippen molar-refractivity contribution in [2.75, 3.05) is 37.8 Å². The summed E-state index contributed by atoms with van der Waals surface area (Å²) in [4.78, 5) is 21.8. The Balaban J connectivity index is 1.74. The number of nitrogens with zero attached hydrogens (tertiary/aromatic N) is 4. The molecule has 2 aromatic carbocycles. The van der Waals surface area contributed by atoms with E-state index in [1.165, 1.54) is 12.1 Å². The van der Waals surface area contributed by atoms with Crippen molar-refractivity contribution in [3.63, 3.8) is 0 Å². The van der Waals surface area contributed by atoms with Crippen LogP contribution in [0.3, 0.4) is 0 Å². The van der Waals surface area contributed by atoms with Crippen LogP contribution in [0.2, 0.25) is 0 Å². The number of aromatic nitrogens is 2. The van der Waals surface area contributed by atoms with Crippen LogP contribution < -0.4 is 10.6 Å². The van der Waals surface area contributed by atoms with Crippen LogP contribution in [0.25, 0.3) is 11.3 Å². The maximum absolute atomic E-state index is 10.8. The van der Waals surface area contributed by atoms with Crippen molar-refractivity contribution in [3.8, 4) is 11.3 Å². The van der Waals surface area contributed by atoms with Gasteiger partial charge >= 0.3 is 0 Å². The Bertz CT molecular complexity index is 961. The molecule has 8 heteroatoms. The van der Waals surface area contributed by atoms with Crippen LogP contribution in [0.15, 0.2) is 60.7 Å². The zero-order valence-electron chi connectivity index (χ0n) is 17.2. The fourth-order valence-corrected chi connectivity index (χ4v) is 2.90. The van der Waals surface area contributed by atoms with Crippen LogP contribution in [0.1, 0.15) is 12.0 Å². The van der Waals surface area contributed by atoms with Gasteiger partial charge in [-0.2, -0.15) is 4.98 Å². The van der Waals surface area contributed by atoms with Gasteiger partial charge in [-0.3, -0.25) is 10.1 Å². The molecule has 0 spiro atoms. The third-order valence-corrected chi connectivity index (χ3v) is 4.48. The second-order valence-corrected chi connectivity index (χ2v) is 7.19. The molecule has 0 amide bonds. The number of nitrogens with one attached hydrogen (secondary N) is 2. The molecule has 30 heavy (non-hydrogen) atoms. The molecule has 0 fully saturated rings. The van der Waals surface area contributed by atoms with Crippen LogP contribution in [0.5, 0.6) is 0 Å². The lowest BCUT2D eigenvalue weighted by Gasteiger charge is -2.13. The summed E-state index contributed by atoms with van der Waals surface area (Å²) in [6.07, 6.45) is 0.984. The van der Waals surface area contributed by atoms with Gasteiger partial charge in [-0.25, -0.2) is 4.98 Å². The molecule has 0 saturated carbocycles. The van der Waals surface area contributed by atoms with Crippen LogP contribution >= 0.6 is 0 Å². The minimum absolute atomic E-state index is 0.0800. The van der Waals surface area contributed by atoms with E-state index in [2.05, 4.69) is 25.5 Å². The lowest BCUT2D eigenvalue weighted by Crippen LogP contribution is -2.17. The first-order valence-electron chi connectivity index (χ1n) is 9.81. The summed E-state index contributed by atoms with van der Waals surface area (Å²) in [5.41, 5.74) is 2.85. The molecule has 0 aliphatic rings. The Morgan fingerprint density at radius 3 is 2.40 bits per heavy atom. The molecule has 0 aliphatic heterocycles. The van der Waals surface area contributed by atoms with Gasteiger partial charge in [0, 0.05) is 36.9 Å². The highest BCUT2D eigenvalue weighted by Gasteiger charge is 2.08. The maximum atomic E-state index is 10.8. The van der Waals surface area contributed by atoms with Gasteiger partial charge in [0.15, 0.2) is 0 Å². The summed E-state index contributed by atoms with van der Waals surface area (Å²) in [6, 6.07) is 18.3. The van der Waals surface area contributed by atoms with E-state index >= 15 is 0 Å². The summed E-state index contributed by atoms with van der Waals surface area (Å²) in [5, 5.41) is 17.4. The van der Waals surface area contributed by atoms with Gasteiger partial charge in [-0.15, -0.1) is 0 Å². The first-order valence-corrected chi connectivity index (χ1v) is 9.81. The molecule has 0 bridgehead atoms. The molecule has 8 nitrogen and oxygen atoms in total. The fourth-order valence-electron chi connectivity index (χ4n) is 2.90. The third-order valence-electron chi connectivity index (χ3n) is 4.48. The molecule has 0 unspecified atom stereocenters. The van der Waals surface area contributed by atoms with E-state index in [1.54, 1.807) is 12.1 Å². The molecule has 1 heterocycles. The Kier molecular flexibility index (Phi) is 7.29. The third kappa shape index (κ3) is 6.25. The highest BCUT2D eigenvalue weighted by molar-refractivity contribution is 5.64. The van der Waals surface area contributed by atoms with Gasteiger partial charge in [0.1, 0.15) is 5.82 Å². The van der Waals surface area contributed by atoms with E-state index < -0.39 is 4.92 Å². The molecule has 156 valence electrons. The van der Waals surface area contributed by atoms with Crippen molar-refractivity contribution in [2.24, 2.45) is 0 Å². The van der Waals surface area contributed by atoms with Crippen molar-refractivity contribution in [1.82, 2.24) is 14.9 Å². The predicted molar refractivity (Wildman–Crippen MR) is 120 cm³/mol. The topological polar surface area (TPSA) is 96.2 Å². The average Bonchev–Trinajstić information content (AvgIpc) is 2.76. The van der Waals surface area contributed by atoms with Gasteiger partial charge in [-0.05, 0) is 32.6 Å². The minimum Gasteiger partial charge on any atom is -0.366 e. The molecule has 0 saturated heterocycles. The number of nitro groups is 1. The summed E-state index contributed by atoms with van der Waals surface area (Å²) >= 11 is 0. The summed E-state index contributed by atoms with van der Waals surface area (Å²) in [7, 11) is 4.10. The van der Waals surface area contributed by atoms with Gasteiger partial charge in [0.25, 0.3) is 5.69 Å². The van der Waals surface area contributed by atoms with E-state index in [-0.39, 0.29) is 5.69 Å². The summed E-state index contributed by atoms with van der Waals surface area (Å²) in [5.74, 6) is 1.26. The largest absolute Gasteiger partial charge is 0.366 e. The molecule has 2 N–H and O–H groups in total. The molecule has 0 aliphatic carbocycles. The highest BCUT2D eigenvalue weighted by Crippen LogP contribution is 2.22. The fraction of sp³-hybridized carbons (Fsp3) is 0.273. The van der Waals surface area contributed by atoms with Crippen LogP contribution in [-0.4, -0.2) is 47.0 Å². The van der Waals surface area contributed by atoms with E-state index in [1.807, 2.05) is 50.5 Å². The smallest absolute Gasteiger partial charge is 0.269 e. The van der Waals surface area contributed by atoms with Crippen LogP contribution in [0, 0.1) is 10.1 Å². The van der Waals surface area contributed by atoms with E-state index in [0.717, 1.165) is 36.3 Å². The highest BCUT2D eigenvalue weighted by atomic mass is 16.6. The van der Waals surface area contributed by atoms with E-state index in [9.17, 15) is 10.1 Å². The lowest BCUT2D eigenvalue weighted by atomic mass is 10.1. The van der Waals surface area contributed by atoms with Crippen LogP contribution in [-0.2, 0) is 6.54 Å². The SMILES string of the molecule is CN(C)CCCNc1nc(NCc2ccc([N+](=O)[O-])cc2)cc(-c2ccccc2)n1. The summed E-state index contributed by atoms with van der Waals surface area (Å²) < 4.78 is 0. The number of nitro benzene ring substituents is 1. The Hall–Kier alpha value is -3.52. The molecule has 3 aromatic rings. The Morgan fingerprint density at radius 2 is 1.73 bits per heavy atom. The van der Waals surface area contributed by atoms with Gasteiger partial charge < -0.3 is 15.5 Å². The molecular weight excluding hydrogens is 380 g/mol. The molecule has 3 rings (SSSR count). The average molecular weight is 406 g/mol. The second-order valence-electron chi connectivity index (χ2n) is 7.19. The predicted octanol–water partition coefficient (Wildman–Crippen LogP) is 4.03. The monoisotopic (exact) mass is 406 g/mol.